The van der Waals surface area contributed by atoms with E-state index in [1.165, 1.54) is 0 Å². The van der Waals surface area contributed by atoms with E-state index in [1.807, 2.05) is 13.2 Å². The maximum absolute atomic E-state index is 4.51. The van der Waals surface area contributed by atoms with Crippen LogP contribution >= 0.6 is 0 Å². The fraction of sp³-hybridized carbons (Fsp3) is 0.538. The molecule has 2 aromatic rings. The maximum Gasteiger partial charge on any atom is 0.241 e. The number of nitrogens with one attached hydrogen (secondary N) is 1. The highest BCUT2D eigenvalue weighted by molar-refractivity contribution is 5.40. The molecule has 1 unspecified atom stereocenters. The Morgan fingerprint density at radius 3 is 2.50 bits per heavy atom. The zero-order valence-corrected chi connectivity index (χ0v) is 12.6. The topological polar surface area (TPSA) is 71.8 Å². The second-order valence-electron chi connectivity index (χ2n) is 5.07. The smallest absolute Gasteiger partial charge is 0.241 e. The van der Waals surface area contributed by atoms with Crippen molar-refractivity contribution in [2.24, 2.45) is 5.92 Å². The third kappa shape index (κ3) is 2.87. The molecule has 1 atom stereocenters. The molecule has 0 radical (unpaired) electrons. The van der Waals surface area contributed by atoms with Gasteiger partial charge in [0, 0.05) is 32.5 Å². The van der Waals surface area contributed by atoms with Crippen LogP contribution in [0.15, 0.2) is 18.7 Å². The van der Waals surface area contributed by atoms with Crippen molar-refractivity contribution in [3.8, 4) is 5.95 Å². The zero-order valence-electron chi connectivity index (χ0n) is 12.6. The lowest BCUT2D eigenvalue weighted by atomic mass is 10.1. The molecule has 0 aliphatic rings. The van der Waals surface area contributed by atoms with Gasteiger partial charge >= 0.3 is 0 Å². The first-order valence-electron chi connectivity index (χ1n) is 6.68. The summed E-state index contributed by atoms with van der Waals surface area (Å²) in [6, 6.07) is 0.331. The highest BCUT2D eigenvalue weighted by Gasteiger charge is 2.18. The first kappa shape index (κ1) is 14.2. The molecule has 2 rings (SSSR count). The van der Waals surface area contributed by atoms with Gasteiger partial charge in [-0.2, -0.15) is 15.0 Å². The Morgan fingerprint density at radius 2 is 1.95 bits per heavy atom. The molecule has 7 nitrogen and oxygen atoms in total. The molecule has 20 heavy (non-hydrogen) atoms. The van der Waals surface area contributed by atoms with E-state index in [0.29, 0.717) is 29.8 Å². The van der Waals surface area contributed by atoms with Crippen molar-refractivity contribution in [1.82, 2.24) is 24.5 Å². The highest BCUT2D eigenvalue weighted by atomic mass is 15.3. The van der Waals surface area contributed by atoms with Crippen LogP contribution in [0.2, 0.25) is 0 Å². The number of anilines is 2. The third-order valence-corrected chi connectivity index (χ3v) is 3.46. The minimum Gasteiger partial charge on any atom is -0.357 e. The summed E-state index contributed by atoms with van der Waals surface area (Å²) in [6.07, 6.45) is 5.18. The van der Waals surface area contributed by atoms with Crippen LogP contribution in [0.1, 0.15) is 20.8 Å². The van der Waals surface area contributed by atoms with Gasteiger partial charge in [0.1, 0.15) is 6.33 Å². The van der Waals surface area contributed by atoms with Crippen molar-refractivity contribution < 1.29 is 0 Å². The monoisotopic (exact) mass is 275 g/mol. The minimum atomic E-state index is 0.331. The summed E-state index contributed by atoms with van der Waals surface area (Å²) in [5.41, 5.74) is 0. The van der Waals surface area contributed by atoms with Crippen molar-refractivity contribution in [2.45, 2.75) is 26.8 Å². The summed E-state index contributed by atoms with van der Waals surface area (Å²) < 4.78 is 1.76. The Balaban J connectivity index is 2.41. The maximum atomic E-state index is 4.51. The molecule has 7 heteroatoms. The molecule has 2 heterocycles. The van der Waals surface area contributed by atoms with E-state index in [-0.39, 0.29) is 0 Å². The number of hydrogen-bond donors (Lipinski definition) is 1. The van der Waals surface area contributed by atoms with Crippen molar-refractivity contribution in [3.63, 3.8) is 0 Å². The molecular weight excluding hydrogens is 254 g/mol. The van der Waals surface area contributed by atoms with Gasteiger partial charge in [0.25, 0.3) is 0 Å². The lowest BCUT2D eigenvalue weighted by Gasteiger charge is -2.28. The third-order valence-electron chi connectivity index (χ3n) is 3.46. The Bertz CT molecular complexity index is 550. The van der Waals surface area contributed by atoms with Gasteiger partial charge in [-0.05, 0) is 12.8 Å². The van der Waals surface area contributed by atoms with Crippen molar-refractivity contribution in [1.29, 1.82) is 0 Å². The first-order chi connectivity index (χ1) is 9.52. The summed E-state index contributed by atoms with van der Waals surface area (Å²) in [4.78, 5) is 19.4. The van der Waals surface area contributed by atoms with Crippen LogP contribution in [0.4, 0.5) is 11.9 Å². The second-order valence-corrected chi connectivity index (χ2v) is 5.07. The number of hydrogen-bond acceptors (Lipinski definition) is 6. The van der Waals surface area contributed by atoms with Crippen LogP contribution in [0.25, 0.3) is 5.95 Å². The Morgan fingerprint density at radius 1 is 1.20 bits per heavy atom. The second kappa shape index (κ2) is 5.85. The summed E-state index contributed by atoms with van der Waals surface area (Å²) >= 11 is 0. The molecule has 0 spiro atoms. The zero-order chi connectivity index (χ0) is 14.7. The van der Waals surface area contributed by atoms with Crippen LogP contribution in [0.3, 0.4) is 0 Å². The van der Waals surface area contributed by atoms with E-state index in [2.05, 4.69) is 50.9 Å². The van der Waals surface area contributed by atoms with E-state index >= 15 is 0 Å². The molecule has 0 bridgehead atoms. The average Bonchev–Trinajstić information content (AvgIpc) is 2.99. The van der Waals surface area contributed by atoms with E-state index < -0.39 is 0 Å². The van der Waals surface area contributed by atoms with Gasteiger partial charge in [-0.3, -0.25) is 4.57 Å². The highest BCUT2D eigenvalue weighted by Crippen LogP contribution is 2.17. The SMILES string of the molecule is CNc1nc(N(C)C(C)C(C)C)nc(-n2ccnc2)n1. The molecule has 0 saturated carbocycles. The lowest BCUT2D eigenvalue weighted by molar-refractivity contribution is 0.498. The number of rotatable bonds is 5. The molecule has 0 aliphatic carbocycles. The van der Waals surface area contributed by atoms with Crippen LogP contribution in [-0.4, -0.2) is 44.6 Å². The van der Waals surface area contributed by atoms with Gasteiger partial charge in [0.15, 0.2) is 0 Å². The van der Waals surface area contributed by atoms with Gasteiger partial charge in [-0.1, -0.05) is 13.8 Å². The van der Waals surface area contributed by atoms with Gasteiger partial charge in [-0.15, -0.1) is 0 Å². The predicted octanol–water partition coefficient (Wildman–Crippen LogP) is 1.58. The Hall–Kier alpha value is -2.18. The molecule has 0 fully saturated rings. The van der Waals surface area contributed by atoms with Crippen LogP contribution in [0, 0.1) is 5.92 Å². The number of nitrogens with zero attached hydrogens (tertiary/aromatic N) is 6. The fourth-order valence-electron chi connectivity index (χ4n) is 1.75. The summed E-state index contributed by atoms with van der Waals surface area (Å²) in [5.74, 6) is 2.25. The fourth-order valence-corrected chi connectivity index (χ4v) is 1.75. The molecule has 0 aromatic carbocycles. The summed E-state index contributed by atoms with van der Waals surface area (Å²) in [5, 5.41) is 2.97. The molecule has 1 N–H and O–H groups in total. The summed E-state index contributed by atoms with van der Waals surface area (Å²) in [6.45, 7) is 6.51. The molecule has 0 amide bonds. The van der Waals surface area contributed by atoms with E-state index in [9.17, 15) is 0 Å². The van der Waals surface area contributed by atoms with Crippen LogP contribution in [-0.2, 0) is 0 Å². The number of imidazole rings is 1. The summed E-state index contributed by atoms with van der Waals surface area (Å²) in [7, 11) is 3.79. The molecule has 108 valence electrons. The molecule has 2 aromatic heterocycles. The van der Waals surface area contributed by atoms with Crippen LogP contribution in [0.5, 0.6) is 0 Å². The van der Waals surface area contributed by atoms with E-state index in [0.717, 1.165) is 0 Å². The van der Waals surface area contributed by atoms with Crippen molar-refractivity contribution in [2.75, 3.05) is 24.3 Å². The van der Waals surface area contributed by atoms with Crippen molar-refractivity contribution in [3.05, 3.63) is 18.7 Å². The van der Waals surface area contributed by atoms with E-state index in [1.54, 1.807) is 24.1 Å². The normalized spacial score (nSPS) is 12.5. The first-order valence-corrected chi connectivity index (χ1v) is 6.68. The van der Waals surface area contributed by atoms with Crippen LogP contribution < -0.4 is 10.2 Å². The van der Waals surface area contributed by atoms with Gasteiger partial charge in [0.05, 0.1) is 0 Å². The van der Waals surface area contributed by atoms with E-state index in [4.69, 9.17) is 0 Å². The van der Waals surface area contributed by atoms with Crippen molar-refractivity contribution >= 4 is 11.9 Å². The van der Waals surface area contributed by atoms with Gasteiger partial charge in [-0.25, -0.2) is 4.98 Å². The largest absolute Gasteiger partial charge is 0.357 e. The standard InChI is InChI=1S/C13H21N7/c1-9(2)10(3)19(5)12-16-11(14-4)17-13(18-12)20-7-6-15-8-20/h6-10H,1-5H3,(H,14,16,17,18). The Kier molecular flexibility index (Phi) is 4.16. The average molecular weight is 275 g/mol. The molecular formula is C13H21N7. The molecule has 0 aliphatic heterocycles. The Labute approximate surface area is 119 Å². The van der Waals surface area contributed by atoms with Gasteiger partial charge < -0.3 is 10.2 Å². The minimum absolute atomic E-state index is 0.331. The molecule has 0 saturated heterocycles. The quantitative estimate of drug-likeness (QED) is 0.893. The predicted molar refractivity (Wildman–Crippen MR) is 79.2 cm³/mol. The van der Waals surface area contributed by atoms with Gasteiger partial charge in [0.2, 0.25) is 17.8 Å². The number of aromatic nitrogens is 5. The lowest BCUT2D eigenvalue weighted by Crippen LogP contribution is -2.34.